The third-order valence-electron chi connectivity index (χ3n) is 12.2. The van der Waals surface area contributed by atoms with E-state index in [0.29, 0.717) is 5.89 Å². The molecule has 0 N–H and O–H groups in total. The first kappa shape index (κ1) is 35.7. The molecule has 0 saturated carbocycles. The number of hydrogen-bond acceptors (Lipinski definition) is 3. The summed E-state index contributed by atoms with van der Waals surface area (Å²) in [6.07, 6.45) is 0. The van der Waals surface area contributed by atoms with Gasteiger partial charge in [-0.3, -0.25) is 0 Å². The third-order valence-corrected chi connectivity index (χ3v) is 12.2. The lowest BCUT2D eigenvalue weighted by atomic mass is 9.93. The van der Waals surface area contributed by atoms with Crippen molar-refractivity contribution in [2.75, 3.05) is 4.90 Å². The predicted octanol–water partition coefficient (Wildman–Crippen LogP) is 16.6. The summed E-state index contributed by atoms with van der Waals surface area (Å²) in [6, 6.07) is 82.8. The standard InChI is InChI=1S/C59H38N2O/c1-3-12-39(13-4-1)43-17-11-18-50(36-43)61(49-29-25-41(26-30-49)56-38-46-16-7-8-19-52(46)54-20-9-10-21-55(54)56)51-31-24-40-22-23-44(35-48(40)37-51)45-27-32-53-47(34-45)28-33-57-58(53)62-59(60-57)42-14-5-2-6-15-42/h1-38H. The summed E-state index contributed by atoms with van der Waals surface area (Å²) in [5, 5.41) is 9.57. The second kappa shape index (κ2) is 14.8. The first-order chi connectivity index (χ1) is 30.7. The summed E-state index contributed by atoms with van der Waals surface area (Å²) >= 11 is 0. The summed E-state index contributed by atoms with van der Waals surface area (Å²) in [6.45, 7) is 0. The minimum absolute atomic E-state index is 0.637. The maximum atomic E-state index is 6.36. The summed E-state index contributed by atoms with van der Waals surface area (Å²) in [4.78, 5) is 7.18. The molecule has 0 atom stereocenters. The SMILES string of the molecule is c1ccc(-c2cccc(N(c3ccc(-c4cc5ccccc5c5ccccc45)cc3)c3ccc4ccc(-c5ccc6c(ccc7nc(-c8ccccc8)oc76)c5)cc4c3)c2)cc1. The number of fused-ring (bicyclic) bond motifs is 7. The first-order valence-electron chi connectivity index (χ1n) is 21.1. The van der Waals surface area contributed by atoms with Crippen molar-refractivity contribution in [1.29, 1.82) is 0 Å². The molecule has 0 radical (unpaired) electrons. The summed E-state index contributed by atoms with van der Waals surface area (Å²) in [5.41, 5.74) is 13.0. The molecule has 3 heteroatoms. The Morgan fingerprint density at radius 2 is 0.887 bits per heavy atom. The van der Waals surface area contributed by atoms with Gasteiger partial charge in [-0.05, 0) is 150 Å². The van der Waals surface area contributed by atoms with Crippen molar-refractivity contribution in [3.63, 3.8) is 0 Å². The van der Waals surface area contributed by atoms with Crippen molar-refractivity contribution in [1.82, 2.24) is 4.98 Å². The molecular formula is C59H38N2O. The molecular weight excluding hydrogens is 753 g/mol. The van der Waals surface area contributed by atoms with Gasteiger partial charge in [-0.25, -0.2) is 4.98 Å². The van der Waals surface area contributed by atoms with E-state index in [1.807, 2.05) is 30.3 Å². The minimum Gasteiger partial charge on any atom is -0.435 e. The van der Waals surface area contributed by atoms with E-state index in [-0.39, 0.29) is 0 Å². The van der Waals surface area contributed by atoms with E-state index in [1.54, 1.807) is 0 Å². The second-order valence-electron chi connectivity index (χ2n) is 16.0. The Labute approximate surface area is 359 Å². The van der Waals surface area contributed by atoms with Gasteiger partial charge in [0.05, 0.1) is 0 Å². The molecule has 12 rings (SSSR count). The maximum Gasteiger partial charge on any atom is 0.227 e. The molecule has 0 spiro atoms. The Morgan fingerprint density at radius 1 is 0.306 bits per heavy atom. The Hall–Kier alpha value is -8.27. The Morgan fingerprint density at radius 3 is 1.71 bits per heavy atom. The topological polar surface area (TPSA) is 29.3 Å². The monoisotopic (exact) mass is 790 g/mol. The van der Waals surface area contributed by atoms with Crippen LogP contribution in [0.25, 0.3) is 99.0 Å². The highest BCUT2D eigenvalue weighted by molar-refractivity contribution is 6.14. The van der Waals surface area contributed by atoms with E-state index in [0.717, 1.165) is 55.6 Å². The number of rotatable bonds is 7. The largest absolute Gasteiger partial charge is 0.435 e. The van der Waals surface area contributed by atoms with Crippen LogP contribution < -0.4 is 4.90 Å². The van der Waals surface area contributed by atoms with Crippen LogP contribution in [0.15, 0.2) is 235 Å². The fourth-order valence-corrected chi connectivity index (χ4v) is 9.14. The zero-order chi connectivity index (χ0) is 41.0. The van der Waals surface area contributed by atoms with E-state index in [4.69, 9.17) is 9.40 Å². The maximum absolute atomic E-state index is 6.36. The van der Waals surface area contributed by atoms with E-state index in [2.05, 4.69) is 205 Å². The quantitative estimate of drug-likeness (QED) is 0.151. The number of anilines is 3. The molecule has 11 aromatic carbocycles. The van der Waals surface area contributed by atoms with Gasteiger partial charge in [0.25, 0.3) is 0 Å². The molecule has 0 bridgehead atoms. The lowest BCUT2D eigenvalue weighted by Crippen LogP contribution is -2.10. The van der Waals surface area contributed by atoms with Crippen LogP contribution >= 0.6 is 0 Å². The van der Waals surface area contributed by atoms with Gasteiger partial charge in [-0.2, -0.15) is 0 Å². The van der Waals surface area contributed by atoms with E-state index >= 15 is 0 Å². The Balaban J connectivity index is 0.951. The lowest BCUT2D eigenvalue weighted by molar-refractivity contribution is 0.623. The zero-order valence-corrected chi connectivity index (χ0v) is 33.7. The third kappa shape index (κ3) is 6.27. The first-order valence-corrected chi connectivity index (χ1v) is 21.1. The van der Waals surface area contributed by atoms with Crippen LogP contribution in [-0.2, 0) is 0 Å². The molecule has 0 aliphatic heterocycles. The normalized spacial score (nSPS) is 11.5. The van der Waals surface area contributed by atoms with Crippen LogP contribution in [0.4, 0.5) is 17.1 Å². The average Bonchev–Trinajstić information content (AvgIpc) is 3.80. The second-order valence-corrected chi connectivity index (χ2v) is 16.0. The summed E-state index contributed by atoms with van der Waals surface area (Å²) < 4.78 is 6.36. The molecule has 0 amide bonds. The molecule has 290 valence electrons. The number of oxazole rings is 1. The fraction of sp³-hybridized carbons (Fsp3) is 0. The predicted molar refractivity (Wildman–Crippen MR) is 260 cm³/mol. The van der Waals surface area contributed by atoms with Crippen molar-refractivity contribution < 1.29 is 4.42 Å². The van der Waals surface area contributed by atoms with Gasteiger partial charge in [0.15, 0.2) is 5.58 Å². The molecule has 12 aromatic rings. The van der Waals surface area contributed by atoms with Crippen molar-refractivity contribution in [3.05, 3.63) is 231 Å². The van der Waals surface area contributed by atoms with Crippen LogP contribution in [0.1, 0.15) is 0 Å². The van der Waals surface area contributed by atoms with Gasteiger partial charge in [0.1, 0.15) is 5.52 Å². The molecule has 0 aliphatic rings. The van der Waals surface area contributed by atoms with Crippen molar-refractivity contribution in [3.8, 4) is 44.8 Å². The number of benzene rings is 11. The van der Waals surface area contributed by atoms with Gasteiger partial charge in [0, 0.05) is 28.0 Å². The van der Waals surface area contributed by atoms with Crippen molar-refractivity contribution in [2.45, 2.75) is 0 Å². The van der Waals surface area contributed by atoms with Crippen LogP contribution in [0.3, 0.4) is 0 Å². The molecule has 0 fully saturated rings. The van der Waals surface area contributed by atoms with E-state index in [1.165, 1.54) is 54.6 Å². The van der Waals surface area contributed by atoms with E-state index < -0.39 is 0 Å². The molecule has 0 saturated heterocycles. The van der Waals surface area contributed by atoms with Gasteiger partial charge in [0.2, 0.25) is 5.89 Å². The molecule has 0 unspecified atom stereocenters. The highest BCUT2D eigenvalue weighted by atomic mass is 16.3. The minimum atomic E-state index is 0.637. The molecule has 1 heterocycles. The fourth-order valence-electron chi connectivity index (χ4n) is 9.14. The van der Waals surface area contributed by atoms with Gasteiger partial charge in [-0.15, -0.1) is 0 Å². The van der Waals surface area contributed by atoms with Gasteiger partial charge in [-0.1, -0.05) is 152 Å². The smallest absolute Gasteiger partial charge is 0.227 e. The Bertz CT molecular complexity index is 3630. The summed E-state index contributed by atoms with van der Waals surface area (Å²) in [5.74, 6) is 0.637. The molecule has 3 nitrogen and oxygen atoms in total. The van der Waals surface area contributed by atoms with Crippen LogP contribution in [-0.4, -0.2) is 4.98 Å². The van der Waals surface area contributed by atoms with Crippen LogP contribution in [0.5, 0.6) is 0 Å². The van der Waals surface area contributed by atoms with E-state index in [9.17, 15) is 0 Å². The van der Waals surface area contributed by atoms with Gasteiger partial charge < -0.3 is 9.32 Å². The van der Waals surface area contributed by atoms with Crippen molar-refractivity contribution in [2.24, 2.45) is 0 Å². The van der Waals surface area contributed by atoms with Crippen molar-refractivity contribution >= 4 is 71.3 Å². The summed E-state index contributed by atoms with van der Waals surface area (Å²) in [7, 11) is 0. The van der Waals surface area contributed by atoms with Gasteiger partial charge >= 0.3 is 0 Å². The number of nitrogens with zero attached hydrogens (tertiary/aromatic N) is 2. The highest BCUT2D eigenvalue weighted by Crippen LogP contribution is 2.41. The molecule has 0 aliphatic carbocycles. The molecule has 62 heavy (non-hydrogen) atoms. The number of hydrogen-bond donors (Lipinski definition) is 0. The molecule has 1 aromatic heterocycles. The van der Waals surface area contributed by atoms with Crippen LogP contribution in [0.2, 0.25) is 0 Å². The lowest BCUT2D eigenvalue weighted by Gasteiger charge is -2.27. The highest BCUT2D eigenvalue weighted by Gasteiger charge is 2.17. The average molecular weight is 791 g/mol. The zero-order valence-electron chi connectivity index (χ0n) is 33.7. The van der Waals surface area contributed by atoms with Crippen LogP contribution in [0, 0.1) is 0 Å². The number of aromatic nitrogens is 1. The Kier molecular flexibility index (Phi) is 8.50.